The Kier molecular flexibility index (Phi) is 5.60. The molecule has 2 aromatic rings. The third-order valence-electron chi connectivity index (χ3n) is 2.99. The molecule has 0 bridgehead atoms. The van der Waals surface area contributed by atoms with Crippen LogP contribution in [0.15, 0.2) is 67.3 Å². The van der Waals surface area contributed by atoms with Gasteiger partial charge in [-0.2, -0.15) is 0 Å². The molecule has 1 unspecified atom stereocenters. The second-order valence-electron chi connectivity index (χ2n) is 4.70. The van der Waals surface area contributed by atoms with Gasteiger partial charge in [0.25, 0.3) is 0 Å². The number of rotatable bonds is 8. The van der Waals surface area contributed by atoms with Gasteiger partial charge in [-0.15, -0.1) is 6.58 Å². The Morgan fingerprint density at radius 1 is 1.05 bits per heavy atom. The molecule has 0 amide bonds. The maximum atomic E-state index is 11.1. The Bertz CT molecular complexity index is 605. The van der Waals surface area contributed by atoms with Crippen molar-refractivity contribution in [2.24, 2.45) is 0 Å². The number of allylic oxidation sites excluding steroid dienone is 1. The molecule has 0 fully saturated rings. The standard InChI is InChI=1S/C18H18O4/c1-2-3-9-17(18(19)20)22-16-12-10-15(11-13-16)21-14-7-5-4-6-8-14/h2,4-8,10-13,17H,1,3,9H2,(H,19,20). The number of hydrogen-bond donors (Lipinski definition) is 1. The van der Waals surface area contributed by atoms with Crippen molar-refractivity contribution in [3.8, 4) is 17.2 Å². The van der Waals surface area contributed by atoms with Crippen molar-refractivity contribution in [3.05, 3.63) is 67.3 Å². The zero-order valence-corrected chi connectivity index (χ0v) is 12.1. The Hall–Kier alpha value is -2.75. The van der Waals surface area contributed by atoms with Crippen molar-refractivity contribution < 1.29 is 19.4 Å². The lowest BCUT2D eigenvalue weighted by Crippen LogP contribution is -2.26. The Morgan fingerprint density at radius 2 is 1.64 bits per heavy atom. The highest BCUT2D eigenvalue weighted by molar-refractivity contribution is 5.72. The number of carboxylic acid groups (broad SMARTS) is 1. The van der Waals surface area contributed by atoms with E-state index in [1.54, 1.807) is 30.3 Å². The van der Waals surface area contributed by atoms with Crippen LogP contribution in [0.5, 0.6) is 17.2 Å². The molecule has 0 heterocycles. The molecular weight excluding hydrogens is 280 g/mol. The minimum atomic E-state index is -0.980. The number of para-hydroxylation sites is 1. The summed E-state index contributed by atoms with van der Waals surface area (Å²) in [6.45, 7) is 3.59. The van der Waals surface area contributed by atoms with Crippen LogP contribution in [0.1, 0.15) is 12.8 Å². The van der Waals surface area contributed by atoms with E-state index in [2.05, 4.69) is 6.58 Å². The molecule has 114 valence electrons. The molecule has 1 N–H and O–H groups in total. The van der Waals surface area contributed by atoms with Gasteiger partial charge in [0.05, 0.1) is 0 Å². The van der Waals surface area contributed by atoms with Gasteiger partial charge in [0.2, 0.25) is 0 Å². The highest BCUT2D eigenvalue weighted by Gasteiger charge is 2.18. The van der Waals surface area contributed by atoms with Gasteiger partial charge < -0.3 is 14.6 Å². The Morgan fingerprint density at radius 3 is 2.23 bits per heavy atom. The largest absolute Gasteiger partial charge is 0.479 e. The van der Waals surface area contributed by atoms with E-state index in [4.69, 9.17) is 14.6 Å². The number of ether oxygens (including phenoxy) is 2. The summed E-state index contributed by atoms with van der Waals surface area (Å²) in [6, 6.07) is 16.3. The van der Waals surface area contributed by atoms with Crippen LogP contribution < -0.4 is 9.47 Å². The van der Waals surface area contributed by atoms with E-state index in [9.17, 15) is 4.79 Å². The van der Waals surface area contributed by atoms with Crippen LogP contribution in [-0.2, 0) is 4.79 Å². The molecule has 1 atom stereocenters. The predicted octanol–water partition coefficient (Wildman–Crippen LogP) is 4.28. The molecule has 2 rings (SSSR count). The summed E-state index contributed by atoms with van der Waals surface area (Å²) in [6.07, 6.45) is 1.78. The second-order valence-corrected chi connectivity index (χ2v) is 4.70. The number of hydrogen-bond acceptors (Lipinski definition) is 3. The second kappa shape index (κ2) is 7.88. The normalized spacial score (nSPS) is 11.5. The number of benzene rings is 2. The third kappa shape index (κ3) is 4.66. The molecule has 0 spiro atoms. The first kappa shape index (κ1) is 15.6. The van der Waals surface area contributed by atoms with E-state index in [0.29, 0.717) is 24.3 Å². The Labute approximate surface area is 129 Å². The molecule has 4 nitrogen and oxygen atoms in total. The van der Waals surface area contributed by atoms with Crippen molar-refractivity contribution in [1.82, 2.24) is 0 Å². The van der Waals surface area contributed by atoms with Gasteiger partial charge in [0.15, 0.2) is 6.10 Å². The van der Waals surface area contributed by atoms with E-state index < -0.39 is 12.1 Å². The first-order valence-corrected chi connectivity index (χ1v) is 7.02. The summed E-state index contributed by atoms with van der Waals surface area (Å²) in [5.41, 5.74) is 0. The van der Waals surface area contributed by atoms with Crippen LogP contribution in [0.2, 0.25) is 0 Å². The van der Waals surface area contributed by atoms with Gasteiger partial charge >= 0.3 is 5.97 Å². The average molecular weight is 298 g/mol. The van der Waals surface area contributed by atoms with Gasteiger partial charge in [-0.3, -0.25) is 0 Å². The summed E-state index contributed by atoms with van der Waals surface area (Å²) in [4.78, 5) is 11.1. The Balaban J connectivity index is 1.98. The van der Waals surface area contributed by atoms with Crippen LogP contribution in [0.3, 0.4) is 0 Å². The summed E-state index contributed by atoms with van der Waals surface area (Å²) in [5.74, 6) is 0.922. The van der Waals surface area contributed by atoms with Gasteiger partial charge in [-0.25, -0.2) is 4.79 Å². The predicted molar refractivity (Wildman–Crippen MR) is 84.4 cm³/mol. The lowest BCUT2D eigenvalue weighted by Gasteiger charge is -2.14. The molecule has 4 heteroatoms. The number of carboxylic acids is 1. The highest BCUT2D eigenvalue weighted by atomic mass is 16.5. The quantitative estimate of drug-likeness (QED) is 0.739. The van der Waals surface area contributed by atoms with Crippen LogP contribution in [0, 0.1) is 0 Å². The highest BCUT2D eigenvalue weighted by Crippen LogP contribution is 2.24. The van der Waals surface area contributed by atoms with E-state index in [1.165, 1.54) is 0 Å². The molecule has 0 aliphatic carbocycles. The molecule has 0 aromatic heterocycles. The van der Waals surface area contributed by atoms with Gasteiger partial charge in [-0.1, -0.05) is 24.3 Å². The van der Waals surface area contributed by atoms with Crippen LogP contribution >= 0.6 is 0 Å². The van der Waals surface area contributed by atoms with Crippen LogP contribution in [-0.4, -0.2) is 17.2 Å². The van der Waals surface area contributed by atoms with E-state index >= 15 is 0 Å². The average Bonchev–Trinajstić information content (AvgIpc) is 2.54. The summed E-state index contributed by atoms with van der Waals surface area (Å²) in [7, 11) is 0. The smallest absolute Gasteiger partial charge is 0.344 e. The maximum absolute atomic E-state index is 11.1. The van der Waals surface area contributed by atoms with Gasteiger partial charge in [-0.05, 0) is 49.2 Å². The zero-order chi connectivity index (χ0) is 15.8. The molecule has 2 aromatic carbocycles. The molecule has 0 saturated heterocycles. The molecule has 0 saturated carbocycles. The fourth-order valence-corrected chi connectivity index (χ4v) is 1.88. The minimum Gasteiger partial charge on any atom is -0.479 e. The molecular formula is C18H18O4. The zero-order valence-electron chi connectivity index (χ0n) is 12.1. The monoisotopic (exact) mass is 298 g/mol. The molecule has 0 aliphatic rings. The van der Waals surface area contributed by atoms with Crippen molar-refractivity contribution in [3.63, 3.8) is 0 Å². The van der Waals surface area contributed by atoms with E-state index in [1.807, 2.05) is 30.3 Å². The van der Waals surface area contributed by atoms with E-state index in [-0.39, 0.29) is 0 Å². The van der Waals surface area contributed by atoms with Crippen molar-refractivity contribution in [2.75, 3.05) is 0 Å². The summed E-state index contributed by atoms with van der Waals surface area (Å²) >= 11 is 0. The molecule has 0 aliphatic heterocycles. The van der Waals surface area contributed by atoms with Gasteiger partial charge in [0.1, 0.15) is 17.2 Å². The first-order valence-electron chi connectivity index (χ1n) is 7.02. The fraction of sp³-hybridized carbons (Fsp3) is 0.167. The lowest BCUT2D eigenvalue weighted by molar-refractivity contribution is -0.145. The van der Waals surface area contributed by atoms with Crippen molar-refractivity contribution in [1.29, 1.82) is 0 Å². The number of carbonyl (C=O) groups is 1. The maximum Gasteiger partial charge on any atom is 0.344 e. The number of aliphatic carboxylic acids is 1. The molecule has 0 radical (unpaired) electrons. The topological polar surface area (TPSA) is 55.8 Å². The molecule has 22 heavy (non-hydrogen) atoms. The SMILES string of the molecule is C=CCCC(Oc1ccc(Oc2ccccc2)cc1)C(=O)O. The van der Waals surface area contributed by atoms with Crippen molar-refractivity contribution >= 4 is 5.97 Å². The first-order chi connectivity index (χ1) is 10.7. The summed E-state index contributed by atoms with van der Waals surface area (Å²) < 4.78 is 11.1. The third-order valence-corrected chi connectivity index (χ3v) is 2.99. The van der Waals surface area contributed by atoms with Gasteiger partial charge in [0, 0.05) is 0 Å². The van der Waals surface area contributed by atoms with E-state index in [0.717, 1.165) is 5.75 Å². The minimum absolute atomic E-state index is 0.390. The lowest BCUT2D eigenvalue weighted by atomic mass is 10.2. The fourth-order valence-electron chi connectivity index (χ4n) is 1.88. The van der Waals surface area contributed by atoms with Crippen molar-refractivity contribution in [2.45, 2.75) is 18.9 Å². The van der Waals surface area contributed by atoms with Crippen LogP contribution in [0.25, 0.3) is 0 Å². The van der Waals surface area contributed by atoms with Crippen LogP contribution in [0.4, 0.5) is 0 Å². The summed E-state index contributed by atoms with van der Waals surface area (Å²) in [5, 5.41) is 9.13.